The van der Waals surface area contributed by atoms with Gasteiger partial charge in [-0.3, -0.25) is 0 Å². The summed E-state index contributed by atoms with van der Waals surface area (Å²) in [5.74, 6) is 0.854. The van der Waals surface area contributed by atoms with E-state index >= 15 is 0 Å². The minimum absolute atomic E-state index is 0.741. The standard InChI is InChI=1S/C22H15BrOS/c23-17-12-10-15(11-13-17)14-19-21(16-6-2-1-3-7-16)24-20-9-5-4-8-18(20)22(19)25/h1-13H,14H2. The van der Waals surface area contributed by atoms with Gasteiger partial charge in [0.15, 0.2) is 0 Å². The van der Waals surface area contributed by atoms with Gasteiger partial charge in [0.05, 0.1) is 4.51 Å². The van der Waals surface area contributed by atoms with Gasteiger partial charge in [-0.15, -0.1) is 0 Å². The van der Waals surface area contributed by atoms with Gasteiger partial charge in [0.25, 0.3) is 0 Å². The molecule has 0 N–H and O–H groups in total. The van der Waals surface area contributed by atoms with E-state index in [9.17, 15) is 0 Å². The van der Waals surface area contributed by atoms with Crippen LogP contribution in [0.5, 0.6) is 0 Å². The number of hydrogen-bond acceptors (Lipinski definition) is 2. The maximum Gasteiger partial charge on any atom is 0.139 e. The van der Waals surface area contributed by atoms with Crippen LogP contribution in [0.2, 0.25) is 0 Å². The quantitative estimate of drug-likeness (QED) is 0.334. The summed E-state index contributed by atoms with van der Waals surface area (Å²) in [6, 6.07) is 26.5. The first-order valence-corrected chi connectivity index (χ1v) is 9.27. The second-order valence-corrected chi connectivity index (χ2v) is 7.23. The summed E-state index contributed by atoms with van der Waals surface area (Å²) in [5, 5.41) is 0.990. The van der Waals surface area contributed by atoms with E-state index in [1.165, 1.54) is 5.56 Å². The monoisotopic (exact) mass is 406 g/mol. The third kappa shape index (κ3) is 3.30. The summed E-state index contributed by atoms with van der Waals surface area (Å²) >= 11 is 9.33. The largest absolute Gasteiger partial charge is 0.456 e. The molecular formula is C22H15BrOS. The lowest BCUT2D eigenvalue weighted by molar-refractivity contribution is 0.613. The van der Waals surface area contributed by atoms with E-state index in [2.05, 4.69) is 52.3 Å². The number of para-hydroxylation sites is 1. The van der Waals surface area contributed by atoms with Crippen molar-refractivity contribution in [2.75, 3.05) is 0 Å². The van der Waals surface area contributed by atoms with Crippen molar-refractivity contribution >= 4 is 39.1 Å². The van der Waals surface area contributed by atoms with Gasteiger partial charge in [-0.25, -0.2) is 0 Å². The lowest BCUT2D eigenvalue weighted by Gasteiger charge is -2.12. The molecule has 1 heterocycles. The van der Waals surface area contributed by atoms with E-state index in [-0.39, 0.29) is 0 Å². The van der Waals surface area contributed by atoms with Gasteiger partial charge in [0.1, 0.15) is 11.3 Å². The van der Waals surface area contributed by atoms with Crippen LogP contribution in [-0.2, 0) is 6.42 Å². The maximum absolute atomic E-state index is 6.28. The first-order valence-electron chi connectivity index (χ1n) is 8.07. The Bertz CT molecular complexity index is 1080. The summed E-state index contributed by atoms with van der Waals surface area (Å²) < 4.78 is 8.21. The highest BCUT2D eigenvalue weighted by molar-refractivity contribution is 9.10. The summed E-state index contributed by atoms with van der Waals surface area (Å²) in [4.78, 5) is 0. The first-order chi connectivity index (χ1) is 12.2. The van der Waals surface area contributed by atoms with Crippen LogP contribution in [0.15, 0.2) is 87.8 Å². The van der Waals surface area contributed by atoms with Gasteiger partial charge in [-0.05, 0) is 29.8 Å². The average molecular weight is 407 g/mol. The number of benzene rings is 3. The Morgan fingerprint density at radius 3 is 2.24 bits per heavy atom. The highest BCUT2D eigenvalue weighted by Crippen LogP contribution is 2.32. The molecule has 122 valence electrons. The predicted molar refractivity (Wildman–Crippen MR) is 109 cm³/mol. The van der Waals surface area contributed by atoms with Crippen LogP contribution >= 0.6 is 28.1 Å². The minimum atomic E-state index is 0.741. The van der Waals surface area contributed by atoms with E-state index < -0.39 is 0 Å². The molecule has 0 fully saturated rings. The zero-order valence-electron chi connectivity index (χ0n) is 13.4. The van der Waals surface area contributed by atoms with Gasteiger partial charge in [-0.1, -0.05) is 82.7 Å². The predicted octanol–water partition coefficient (Wildman–Crippen LogP) is 7.18. The zero-order valence-corrected chi connectivity index (χ0v) is 15.8. The van der Waals surface area contributed by atoms with Gasteiger partial charge >= 0.3 is 0 Å². The molecule has 0 aliphatic heterocycles. The van der Waals surface area contributed by atoms with E-state index in [1.54, 1.807) is 0 Å². The minimum Gasteiger partial charge on any atom is -0.456 e. The Labute approximate surface area is 160 Å². The van der Waals surface area contributed by atoms with Gasteiger partial charge in [0.2, 0.25) is 0 Å². The van der Waals surface area contributed by atoms with Crippen molar-refractivity contribution in [1.29, 1.82) is 0 Å². The number of rotatable bonds is 3. The van der Waals surface area contributed by atoms with Crippen molar-refractivity contribution in [1.82, 2.24) is 0 Å². The number of hydrogen-bond donors (Lipinski definition) is 0. The van der Waals surface area contributed by atoms with Crippen LogP contribution < -0.4 is 0 Å². The third-order valence-electron chi connectivity index (χ3n) is 4.22. The average Bonchev–Trinajstić information content (AvgIpc) is 2.66. The first kappa shape index (κ1) is 16.2. The molecule has 0 aliphatic carbocycles. The van der Waals surface area contributed by atoms with Crippen molar-refractivity contribution < 1.29 is 4.42 Å². The molecule has 0 bridgehead atoms. The molecule has 0 spiro atoms. The molecule has 3 heteroatoms. The van der Waals surface area contributed by atoms with Gasteiger partial charge < -0.3 is 4.42 Å². The highest BCUT2D eigenvalue weighted by atomic mass is 79.9. The van der Waals surface area contributed by atoms with Crippen LogP contribution in [0.4, 0.5) is 0 Å². The molecule has 0 saturated heterocycles. The molecular weight excluding hydrogens is 392 g/mol. The number of fused-ring (bicyclic) bond motifs is 1. The van der Waals surface area contributed by atoms with Gasteiger partial charge in [-0.2, -0.15) is 0 Å². The fourth-order valence-corrected chi connectivity index (χ4v) is 3.57. The summed E-state index contributed by atoms with van der Waals surface area (Å²) in [6.07, 6.45) is 0.741. The van der Waals surface area contributed by atoms with E-state index in [1.807, 2.05) is 42.5 Å². The summed E-state index contributed by atoms with van der Waals surface area (Å²) in [6.45, 7) is 0. The molecule has 0 atom stereocenters. The smallest absolute Gasteiger partial charge is 0.139 e. The van der Waals surface area contributed by atoms with Crippen LogP contribution in [0.3, 0.4) is 0 Å². The molecule has 0 saturated carbocycles. The Kier molecular flexibility index (Phi) is 4.51. The van der Waals surface area contributed by atoms with Crippen LogP contribution in [-0.4, -0.2) is 0 Å². The van der Waals surface area contributed by atoms with Crippen molar-refractivity contribution in [2.24, 2.45) is 0 Å². The third-order valence-corrected chi connectivity index (χ3v) is 5.22. The summed E-state index contributed by atoms with van der Waals surface area (Å²) in [5.41, 5.74) is 4.14. The van der Waals surface area contributed by atoms with E-state index in [4.69, 9.17) is 16.6 Å². The highest BCUT2D eigenvalue weighted by Gasteiger charge is 2.14. The van der Waals surface area contributed by atoms with Crippen LogP contribution in [0.1, 0.15) is 11.1 Å². The van der Waals surface area contributed by atoms with Crippen molar-refractivity contribution in [3.05, 3.63) is 99.0 Å². The molecule has 4 rings (SSSR count). The number of halogens is 1. The fourth-order valence-electron chi connectivity index (χ4n) is 2.97. The van der Waals surface area contributed by atoms with Gasteiger partial charge in [0, 0.05) is 27.4 Å². The lowest BCUT2D eigenvalue weighted by Crippen LogP contribution is -1.95. The molecule has 0 aliphatic rings. The molecule has 0 amide bonds. The molecule has 25 heavy (non-hydrogen) atoms. The van der Waals surface area contributed by atoms with Crippen LogP contribution in [0, 0.1) is 4.51 Å². The van der Waals surface area contributed by atoms with Crippen molar-refractivity contribution in [3.63, 3.8) is 0 Å². The Balaban J connectivity index is 1.95. The Morgan fingerprint density at radius 2 is 1.48 bits per heavy atom. The Hall–Kier alpha value is -2.23. The second-order valence-electron chi connectivity index (χ2n) is 5.90. The lowest BCUT2D eigenvalue weighted by atomic mass is 9.99. The Morgan fingerprint density at radius 1 is 0.800 bits per heavy atom. The topological polar surface area (TPSA) is 13.1 Å². The molecule has 3 aromatic carbocycles. The molecule has 1 aromatic heterocycles. The molecule has 4 aromatic rings. The maximum atomic E-state index is 6.28. The zero-order chi connectivity index (χ0) is 17.2. The van der Waals surface area contributed by atoms with E-state index in [0.717, 1.165) is 43.3 Å². The molecule has 1 nitrogen and oxygen atoms in total. The molecule has 0 unspecified atom stereocenters. The second kappa shape index (κ2) is 6.95. The van der Waals surface area contributed by atoms with Crippen LogP contribution in [0.25, 0.3) is 22.3 Å². The molecule has 0 radical (unpaired) electrons. The van der Waals surface area contributed by atoms with Crippen molar-refractivity contribution in [3.8, 4) is 11.3 Å². The fraction of sp³-hybridized carbons (Fsp3) is 0.0455. The van der Waals surface area contributed by atoms with Crippen molar-refractivity contribution in [2.45, 2.75) is 6.42 Å². The normalized spacial score (nSPS) is 10.9. The summed E-state index contributed by atoms with van der Waals surface area (Å²) in [7, 11) is 0. The SMILES string of the molecule is S=c1c(Cc2ccc(Br)cc2)c(-c2ccccc2)oc2ccccc12. The van der Waals surface area contributed by atoms with E-state index in [0.29, 0.717) is 0 Å².